The molecule has 0 spiro atoms. The van der Waals surface area contributed by atoms with Crippen LogP contribution in [0.2, 0.25) is 0 Å². The molecular weight excluding hydrogens is 176 g/mol. The summed E-state index contributed by atoms with van der Waals surface area (Å²) in [6, 6.07) is 0.303. The van der Waals surface area contributed by atoms with Gasteiger partial charge >= 0.3 is 0 Å². The third-order valence-corrected chi connectivity index (χ3v) is 2.83. The van der Waals surface area contributed by atoms with Gasteiger partial charge in [0.05, 0.1) is 0 Å². The molecule has 1 rings (SSSR count). The Balaban J connectivity index is 2.51. The molecular formula is C11H22N2O. The zero-order valence-corrected chi connectivity index (χ0v) is 9.49. The van der Waals surface area contributed by atoms with Crippen LogP contribution in [-0.2, 0) is 4.79 Å². The van der Waals surface area contributed by atoms with Gasteiger partial charge in [0.2, 0.25) is 5.91 Å². The normalized spacial score (nSPS) is 18.4. The van der Waals surface area contributed by atoms with Crippen molar-refractivity contribution in [3.05, 3.63) is 0 Å². The summed E-state index contributed by atoms with van der Waals surface area (Å²) in [7, 11) is 0. The molecule has 1 saturated carbocycles. The van der Waals surface area contributed by atoms with Crippen LogP contribution in [0.25, 0.3) is 0 Å². The van der Waals surface area contributed by atoms with Gasteiger partial charge in [-0.2, -0.15) is 0 Å². The Morgan fingerprint density at radius 3 is 2.36 bits per heavy atom. The fraction of sp³-hybridized carbons (Fsp3) is 0.909. The van der Waals surface area contributed by atoms with E-state index < -0.39 is 0 Å². The molecule has 1 amide bonds. The van der Waals surface area contributed by atoms with Gasteiger partial charge in [-0.3, -0.25) is 4.79 Å². The largest absolute Gasteiger partial charge is 0.340 e. The second kappa shape index (κ2) is 4.78. The van der Waals surface area contributed by atoms with Crippen LogP contribution in [0.1, 0.15) is 33.6 Å². The van der Waals surface area contributed by atoms with E-state index in [4.69, 9.17) is 5.73 Å². The Morgan fingerprint density at radius 1 is 1.43 bits per heavy atom. The van der Waals surface area contributed by atoms with E-state index in [9.17, 15) is 4.79 Å². The molecule has 0 aromatic carbocycles. The first-order chi connectivity index (χ1) is 6.56. The van der Waals surface area contributed by atoms with Crippen molar-refractivity contribution in [1.82, 2.24) is 4.90 Å². The van der Waals surface area contributed by atoms with E-state index in [2.05, 4.69) is 13.8 Å². The number of carbonyl (C=O) groups excluding carboxylic acids is 1. The SMILES string of the molecule is CC(CN)C(=O)N(CC1CC1)C(C)C. The van der Waals surface area contributed by atoms with Crippen molar-refractivity contribution in [3.8, 4) is 0 Å². The van der Waals surface area contributed by atoms with Crippen LogP contribution in [0, 0.1) is 11.8 Å². The minimum Gasteiger partial charge on any atom is -0.340 e. The lowest BCUT2D eigenvalue weighted by Crippen LogP contribution is -2.43. The standard InChI is InChI=1S/C11H22N2O/c1-8(2)13(7-10-4-5-10)11(14)9(3)6-12/h8-10H,4-7,12H2,1-3H3. The van der Waals surface area contributed by atoms with E-state index >= 15 is 0 Å². The Kier molecular flexibility index (Phi) is 3.93. The van der Waals surface area contributed by atoms with E-state index in [-0.39, 0.29) is 11.8 Å². The number of rotatable bonds is 5. The van der Waals surface area contributed by atoms with Gasteiger partial charge < -0.3 is 10.6 Å². The number of hydrogen-bond donors (Lipinski definition) is 1. The molecule has 0 aliphatic heterocycles. The van der Waals surface area contributed by atoms with Crippen LogP contribution in [-0.4, -0.2) is 29.9 Å². The molecule has 1 unspecified atom stereocenters. The van der Waals surface area contributed by atoms with Crippen molar-refractivity contribution in [2.24, 2.45) is 17.6 Å². The third-order valence-electron chi connectivity index (χ3n) is 2.83. The maximum absolute atomic E-state index is 11.9. The second-order valence-electron chi connectivity index (χ2n) is 4.66. The highest BCUT2D eigenvalue weighted by Crippen LogP contribution is 2.30. The molecule has 0 aromatic rings. The number of nitrogens with zero attached hydrogens (tertiary/aromatic N) is 1. The lowest BCUT2D eigenvalue weighted by molar-refractivity contribution is -0.136. The average molecular weight is 198 g/mol. The van der Waals surface area contributed by atoms with Gasteiger partial charge in [0.25, 0.3) is 0 Å². The lowest BCUT2D eigenvalue weighted by atomic mass is 10.1. The lowest BCUT2D eigenvalue weighted by Gasteiger charge is -2.29. The van der Waals surface area contributed by atoms with Gasteiger partial charge in [-0.25, -0.2) is 0 Å². The first-order valence-electron chi connectivity index (χ1n) is 5.56. The summed E-state index contributed by atoms with van der Waals surface area (Å²) in [4.78, 5) is 13.9. The molecule has 82 valence electrons. The summed E-state index contributed by atoms with van der Waals surface area (Å²) >= 11 is 0. The van der Waals surface area contributed by atoms with Crippen LogP contribution < -0.4 is 5.73 Å². The topological polar surface area (TPSA) is 46.3 Å². The highest BCUT2D eigenvalue weighted by Gasteiger charge is 2.29. The molecule has 1 aliphatic rings. The van der Waals surface area contributed by atoms with Crippen LogP contribution in [0.15, 0.2) is 0 Å². The van der Waals surface area contributed by atoms with E-state index in [1.54, 1.807) is 0 Å². The Morgan fingerprint density at radius 2 is 2.00 bits per heavy atom. The van der Waals surface area contributed by atoms with Crippen molar-refractivity contribution in [2.45, 2.75) is 39.7 Å². The molecule has 1 atom stereocenters. The fourth-order valence-corrected chi connectivity index (χ4v) is 1.52. The predicted octanol–water partition coefficient (Wildman–Crippen LogP) is 1.23. The Bertz CT molecular complexity index is 199. The predicted molar refractivity (Wildman–Crippen MR) is 57.8 cm³/mol. The van der Waals surface area contributed by atoms with E-state index in [0.717, 1.165) is 12.5 Å². The van der Waals surface area contributed by atoms with E-state index in [0.29, 0.717) is 12.6 Å². The maximum atomic E-state index is 11.9. The highest BCUT2D eigenvalue weighted by atomic mass is 16.2. The third kappa shape index (κ3) is 2.98. The molecule has 1 fully saturated rings. The molecule has 0 radical (unpaired) electrons. The summed E-state index contributed by atoms with van der Waals surface area (Å²) in [6.45, 7) is 7.44. The number of nitrogens with two attached hydrogens (primary N) is 1. The number of hydrogen-bond acceptors (Lipinski definition) is 2. The molecule has 0 saturated heterocycles. The minimum absolute atomic E-state index is 0.0313. The summed E-state index contributed by atoms with van der Waals surface area (Å²) in [6.07, 6.45) is 2.57. The summed E-state index contributed by atoms with van der Waals surface area (Å²) in [5, 5.41) is 0. The van der Waals surface area contributed by atoms with E-state index in [1.165, 1.54) is 12.8 Å². The van der Waals surface area contributed by atoms with Crippen molar-refractivity contribution in [3.63, 3.8) is 0 Å². The van der Waals surface area contributed by atoms with Crippen molar-refractivity contribution >= 4 is 5.91 Å². The van der Waals surface area contributed by atoms with Gasteiger partial charge in [0.1, 0.15) is 0 Å². The molecule has 3 heteroatoms. The highest BCUT2D eigenvalue weighted by molar-refractivity contribution is 5.79. The van der Waals surface area contributed by atoms with Gasteiger partial charge in [-0.15, -0.1) is 0 Å². The zero-order chi connectivity index (χ0) is 10.7. The quantitative estimate of drug-likeness (QED) is 0.722. The van der Waals surface area contributed by atoms with Gasteiger partial charge in [0, 0.05) is 25.0 Å². The molecule has 14 heavy (non-hydrogen) atoms. The summed E-state index contributed by atoms with van der Waals surface area (Å²) < 4.78 is 0. The number of amides is 1. The Hall–Kier alpha value is -0.570. The molecule has 2 N–H and O–H groups in total. The van der Waals surface area contributed by atoms with Crippen LogP contribution in [0.5, 0.6) is 0 Å². The van der Waals surface area contributed by atoms with E-state index in [1.807, 2.05) is 11.8 Å². The Labute approximate surface area is 86.6 Å². The minimum atomic E-state index is -0.0313. The van der Waals surface area contributed by atoms with Crippen molar-refractivity contribution in [1.29, 1.82) is 0 Å². The van der Waals surface area contributed by atoms with Crippen molar-refractivity contribution < 1.29 is 4.79 Å². The molecule has 0 aromatic heterocycles. The van der Waals surface area contributed by atoms with Gasteiger partial charge in [-0.1, -0.05) is 6.92 Å². The second-order valence-corrected chi connectivity index (χ2v) is 4.66. The molecule has 0 heterocycles. The monoisotopic (exact) mass is 198 g/mol. The van der Waals surface area contributed by atoms with Gasteiger partial charge in [-0.05, 0) is 32.6 Å². The molecule has 3 nitrogen and oxygen atoms in total. The first-order valence-corrected chi connectivity index (χ1v) is 5.56. The van der Waals surface area contributed by atoms with Crippen molar-refractivity contribution in [2.75, 3.05) is 13.1 Å². The van der Waals surface area contributed by atoms with Gasteiger partial charge in [0.15, 0.2) is 0 Å². The average Bonchev–Trinajstić information content (AvgIpc) is 2.95. The summed E-state index contributed by atoms with van der Waals surface area (Å²) in [5.41, 5.74) is 5.51. The molecule has 1 aliphatic carbocycles. The van der Waals surface area contributed by atoms with Crippen LogP contribution in [0.4, 0.5) is 0 Å². The zero-order valence-electron chi connectivity index (χ0n) is 9.49. The fourth-order valence-electron chi connectivity index (χ4n) is 1.52. The first kappa shape index (κ1) is 11.5. The summed E-state index contributed by atoms with van der Waals surface area (Å²) in [5.74, 6) is 0.942. The smallest absolute Gasteiger partial charge is 0.226 e. The van der Waals surface area contributed by atoms with Crippen LogP contribution >= 0.6 is 0 Å². The molecule has 0 bridgehead atoms. The number of carbonyl (C=O) groups is 1. The maximum Gasteiger partial charge on any atom is 0.226 e. The van der Waals surface area contributed by atoms with Crippen LogP contribution in [0.3, 0.4) is 0 Å².